The molecule has 1 rings (SSSR count). The predicted octanol–water partition coefficient (Wildman–Crippen LogP) is 3.74. The summed E-state index contributed by atoms with van der Waals surface area (Å²) in [5, 5.41) is 8.79. The molecule has 0 saturated heterocycles. The minimum atomic E-state index is -0.703. The maximum atomic E-state index is 10.7. The van der Waals surface area contributed by atoms with Gasteiger partial charge in [-0.15, -0.1) is 11.3 Å². The molecular formula is C13H20O2S. The Hall–Kier alpha value is -0.830. The molecule has 3 heteroatoms. The molecule has 90 valence electrons. The third-order valence-electron chi connectivity index (χ3n) is 2.74. The molecule has 0 aliphatic heterocycles. The second kappa shape index (κ2) is 5.48. The molecule has 0 fully saturated rings. The standard InChI is InChI=1S/C13H20O2S/c1-4-10-5-6-11(16-10)7-8-13(2,3)9-12(14)15/h5-6H,4,7-9H2,1-3H3,(H,14,15). The van der Waals surface area contributed by atoms with Crippen molar-refractivity contribution < 1.29 is 9.90 Å². The Morgan fingerprint density at radius 3 is 2.50 bits per heavy atom. The minimum Gasteiger partial charge on any atom is -0.481 e. The molecule has 0 amide bonds. The number of aliphatic carboxylic acids is 1. The Morgan fingerprint density at radius 2 is 2.00 bits per heavy atom. The summed E-state index contributed by atoms with van der Waals surface area (Å²) in [6.45, 7) is 6.20. The zero-order chi connectivity index (χ0) is 12.2. The average Bonchev–Trinajstić information content (AvgIpc) is 2.60. The van der Waals surface area contributed by atoms with Gasteiger partial charge in [0, 0.05) is 9.75 Å². The fraction of sp³-hybridized carbons (Fsp3) is 0.615. The number of aryl methyl sites for hydroxylation is 2. The van der Waals surface area contributed by atoms with Crippen LogP contribution in [-0.2, 0) is 17.6 Å². The highest BCUT2D eigenvalue weighted by Gasteiger charge is 2.21. The van der Waals surface area contributed by atoms with Gasteiger partial charge in [-0.2, -0.15) is 0 Å². The smallest absolute Gasteiger partial charge is 0.303 e. The highest BCUT2D eigenvalue weighted by atomic mass is 32.1. The van der Waals surface area contributed by atoms with Crippen LogP contribution >= 0.6 is 11.3 Å². The van der Waals surface area contributed by atoms with Gasteiger partial charge in [0.1, 0.15) is 0 Å². The molecule has 0 aliphatic rings. The first-order chi connectivity index (χ1) is 7.43. The van der Waals surface area contributed by atoms with Gasteiger partial charge in [0.25, 0.3) is 0 Å². The molecule has 1 aromatic heterocycles. The van der Waals surface area contributed by atoms with E-state index in [0.717, 1.165) is 19.3 Å². The lowest BCUT2D eigenvalue weighted by atomic mass is 9.84. The molecule has 0 saturated carbocycles. The number of rotatable bonds is 6. The number of carbonyl (C=O) groups is 1. The van der Waals surface area contributed by atoms with Gasteiger partial charge >= 0.3 is 5.97 Å². The Balaban J connectivity index is 2.47. The SMILES string of the molecule is CCc1ccc(CCC(C)(C)CC(=O)O)s1. The van der Waals surface area contributed by atoms with E-state index >= 15 is 0 Å². The van der Waals surface area contributed by atoms with E-state index in [-0.39, 0.29) is 11.8 Å². The van der Waals surface area contributed by atoms with Crippen LogP contribution in [0.25, 0.3) is 0 Å². The van der Waals surface area contributed by atoms with Crippen LogP contribution in [0.15, 0.2) is 12.1 Å². The van der Waals surface area contributed by atoms with Crippen LogP contribution in [0.5, 0.6) is 0 Å². The molecule has 0 bridgehead atoms. The summed E-state index contributed by atoms with van der Waals surface area (Å²) in [5.41, 5.74) is -0.109. The lowest BCUT2D eigenvalue weighted by molar-refractivity contribution is -0.139. The van der Waals surface area contributed by atoms with Gasteiger partial charge < -0.3 is 5.11 Å². The van der Waals surface area contributed by atoms with Gasteiger partial charge in [-0.3, -0.25) is 4.79 Å². The van der Waals surface area contributed by atoms with Crippen LogP contribution in [0.4, 0.5) is 0 Å². The third-order valence-corrected chi connectivity index (χ3v) is 4.03. The molecule has 0 spiro atoms. The molecule has 0 atom stereocenters. The maximum Gasteiger partial charge on any atom is 0.303 e. The summed E-state index contributed by atoms with van der Waals surface area (Å²) in [7, 11) is 0. The molecule has 1 heterocycles. The number of carboxylic acids is 1. The summed E-state index contributed by atoms with van der Waals surface area (Å²) >= 11 is 1.85. The lowest BCUT2D eigenvalue weighted by Gasteiger charge is -2.21. The van der Waals surface area contributed by atoms with Crippen molar-refractivity contribution in [3.05, 3.63) is 21.9 Å². The van der Waals surface area contributed by atoms with Crippen molar-refractivity contribution in [2.24, 2.45) is 5.41 Å². The highest BCUT2D eigenvalue weighted by Crippen LogP contribution is 2.29. The van der Waals surface area contributed by atoms with E-state index in [4.69, 9.17) is 5.11 Å². The second-order valence-corrected chi connectivity index (χ2v) is 6.21. The summed E-state index contributed by atoms with van der Waals surface area (Å²) in [4.78, 5) is 13.5. The van der Waals surface area contributed by atoms with E-state index in [1.54, 1.807) is 0 Å². The van der Waals surface area contributed by atoms with Gasteiger partial charge in [-0.25, -0.2) is 0 Å². The zero-order valence-corrected chi connectivity index (χ0v) is 11.1. The summed E-state index contributed by atoms with van der Waals surface area (Å²) in [6.07, 6.45) is 3.26. The van der Waals surface area contributed by atoms with Crippen molar-refractivity contribution in [1.29, 1.82) is 0 Å². The molecule has 16 heavy (non-hydrogen) atoms. The van der Waals surface area contributed by atoms with Crippen molar-refractivity contribution in [3.63, 3.8) is 0 Å². The normalized spacial score (nSPS) is 11.7. The molecule has 1 N–H and O–H groups in total. The number of thiophene rings is 1. The monoisotopic (exact) mass is 240 g/mol. The van der Waals surface area contributed by atoms with Crippen molar-refractivity contribution in [2.75, 3.05) is 0 Å². The lowest BCUT2D eigenvalue weighted by Crippen LogP contribution is -2.17. The van der Waals surface area contributed by atoms with Gasteiger partial charge in [0.15, 0.2) is 0 Å². The maximum absolute atomic E-state index is 10.7. The van der Waals surface area contributed by atoms with E-state index in [0.29, 0.717) is 0 Å². The summed E-state index contributed by atoms with van der Waals surface area (Å²) < 4.78 is 0. The molecule has 0 aliphatic carbocycles. The van der Waals surface area contributed by atoms with Crippen LogP contribution in [0.1, 0.15) is 43.4 Å². The molecule has 2 nitrogen and oxygen atoms in total. The predicted molar refractivity (Wildman–Crippen MR) is 68.1 cm³/mol. The molecule has 0 unspecified atom stereocenters. The largest absolute Gasteiger partial charge is 0.481 e. The van der Waals surface area contributed by atoms with E-state index in [1.807, 2.05) is 25.2 Å². The molecule has 0 aromatic carbocycles. The Kier molecular flexibility index (Phi) is 4.54. The molecular weight excluding hydrogens is 220 g/mol. The van der Waals surface area contributed by atoms with Crippen molar-refractivity contribution >= 4 is 17.3 Å². The molecule has 0 radical (unpaired) electrons. The molecule has 1 aromatic rings. The van der Waals surface area contributed by atoms with E-state index in [1.165, 1.54) is 9.75 Å². The first-order valence-corrected chi connectivity index (χ1v) is 6.54. The summed E-state index contributed by atoms with van der Waals surface area (Å²) in [6, 6.07) is 4.34. The first-order valence-electron chi connectivity index (χ1n) is 5.72. The Labute approximate surface area is 101 Å². The third kappa shape index (κ3) is 4.35. The van der Waals surface area contributed by atoms with Crippen molar-refractivity contribution in [3.8, 4) is 0 Å². The fourth-order valence-corrected chi connectivity index (χ4v) is 2.66. The van der Waals surface area contributed by atoms with E-state index in [2.05, 4.69) is 19.1 Å². The number of hydrogen-bond donors (Lipinski definition) is 1. The van der Waals surface area contributed by atoms with Gasteiger partial charge in [0.2, 0.25) is 0 Å². The van der Waals surface area contributed by atoms with Crippen molar-refractivity contribution in [1.82, 2.24) is 0 Å². The summed E-state index contributed by atoms with van der Waals surface area (Å²) in [5.74, 6) is -0.703. The van der Waals surface area contributed by atoms with E-state index < -0.39 is 5.97 Å². The van der Waals surface area contributed by atoms with Gasteiger partial charge in [-0.1, -0.05) is 20.8 Å². The van der Waals surface area contributed by atoms with Crippen LogP contribution in [-0.4, -0.2) is 11.1 Å². The van der Waals surface area contributed by atoms with Crippen molar-refractivity contribution in [2.45, 2.75) is 46.5 Å². The topological polar surface area (TPSA) is 37.3 Å². The van der Waals surface area contributed by atoms with Crippen LogP contribution in [0, 0.1) is 5.41 Å². The first kappa shape index (κ1) is 13.2. The Morgan fingerprint density at radius 1 is 1.38 bits per heavy atom. The van der Waals surface area contributed by atoms with Gasteiger partial charge in [0.05, 0.1) is 6.42 Å². The van der Waals surface area contributed by atoms with E-state index in [9.17, 15) is 4.79 Å². The van der Waals surface area contributed by atoms with Crippen LogP contribution in [0.3, 0.4) is 0 Å². The van der Waals surface area contributed by atoms with Gasteiger partial charge in [-0.05, 0) is 36.8 Å². The quantitative estimate of drug-likeness (QED) is 0.822. The zero-order valence-electron chi connectivity index (χ0n) is 10.2. The number of hydrogen-bond acceptors (Lipinski definition) is 2. The fourth-order valence-electron chi connectivity index (χ4n) is 1.71. The average molecular weight is 240 g/mol. The van der Waals surface area contributed by atoms with Crippen LogP contribution in [0.2, 0.25) is 0 Å². The second-order valence-electron chi connectivity index (χ2n) is 4.96. The van der Waals surface area contributed by atoms with Crippen LogP contribution < -0.4 is 0 Å². The Bertz CT molecular complexity index is 353. The minimum absolute atomic E-state index is 0.109. The number of carboxylic acid groups (broad SMARTS) is 1. The highest BCUT2D eigenvalue weighted by molar-refractivity contribution is 7.11.